The van der Waals surface area contributed by atoms with Gasteiger partial charge in [0.25, 0.3) is 0 Å². The number of rotatable bonds is 6. The van der Waals surface area contributed by atoms with Crippen LogP contribution < -0.4 is 22.9 Å². The van der Waals surface area contributed by atoms with Crippen molar-refractivity contribution in [1.29, 1.82) is 10.8 Å². The molecule has 158 valence electrons. The average Bonchev–Trinajstić information content (AvgIpc) is 3.18. The SMILES string of the molecule is N=C(N)c1ccc(-c2oc(-c3ccc(C(=N)N)cc3)c(C(N)=NO)c2C(N)=NO)cc1. The van der Waals surface area contributed by atoms with E-state index >= 15 is 0 Å². The molecule has 31 heavy (non-hydrogen) atoms. The second kappa shape index (κ2) is 8.29. The highest BCUT2D eigenvalue weighted by Gasteiger charge is 2.28. The molecule has 0 radical (unpaired) electrons. The molecule has 1 aromatic heterocycles. The number of oxime groups is 2. The lowest BCUT2D eigenvalue weighted by atomic mass is 9.99. The third-order valence-electron chi connectivity index (χ3n) is 4.55. The van der Waals surface area contributed by atoms with Gasteiger partial charge in [-0.2, -0.15) is 0 Å². The standard InChI is InChI=1S/C20H20N8O3/c21-17(22)11-5-1-9(2-6-11)15-13(19(25)27-29)14(20(26)28-30)16(31-15)10-3-7-12(8-4-10)18(23)24/h1-8,29-30H,(H3,21,22)(H3,23,24)(H2,25,27)(H2,26,28). The van der Waals surface area contributed by atoms with Crippen LogP contribution >= 0.6 is 0 Å². The summed E-state index contributed by atoms with van der Waals surface area (Å²) in [6.07, 6.45) is 0. The van der Waals surface area contributed by atoms with Gasteiger partial charge in [0.1, 0.15) is 23.2 Å². The molecule has 0 amide bonds. The van der Waals surface area contributed by atoms with Crippen molar-refractivity contribution in [1.82, 2.24) is 0 Å². The molecule has 3 rings (SSSR count). The van der Waals surface area contributed by atoms with Gasteiger partial charge in [0.05, 0.1) is 11.1 Å². The quantitative estimate of drug-likeness (QED) is 0.126. The summed E-state index contributed by atoms with van der Waals surface area (Å²) in [4.78, 5) is 0. The van der Waals surface area contributed by atoms with E-state index in [2.05, 4.69) is 10.3 Å². The van der Waals surface area contributed by atoms with Crippen molar-refractivity contribution in [2.24, 2.45) is 33.2 Å². The molecular weight excluding hydrogens is 400 g/mol. The minimum absolute atomic E-state index is 0.105. The fraction of sp³-hybridized carbons (Fsp3) is 0. The zero-order valence-corrected chi connectivity index (χ0v) is 16.1. The molecule has 12 N–H and O–H groups in total. The van der Waals surface area contributed by atoms with Crippen LogP contribution in [0.4, 0.5) is 0 Å². The van der Waals surface area contributed by atoms with E-state index in [1.165, 1.54) is 0 Å². The number of nitrogens with two attached hydrogens (primary N) is 4. The van der Waals surface area contributed by atoms with Crippen LogP contribution in [0.15, 0.2) is 63.3 Å². The highest BCUT2D eigenvalue weighted by Crippen LogP contribution is 2.37. The van der Waals surface area contributed by atoms with E-state index in [-0.39, 0.29) is 46.0 Å². The summed E-state index contributed by atoms with van der Waals surface area (Å²) in [7, 11) is 0. The molecule has 0 atom stereocenters. The van der Waals surface area contributed by atoms with Gasteiger partial charge in [0.15, 0.2) is 11.7 Å². The highest BCUT2D eigenvalue weighted by atomic mass is 16.4. The maximum atomic E-state index is 9.33. The van der Waals surface area contributed by atoms with E-state index in [0.29, 0.717) is 22.3 Å². The Bertz CT molecular complexity index is 1110. The van der Waals surface area contributed by atoms with Gasteiger partial charge >= 0.3 is 0 Å². The van der Waals surface area contributed by atoms with Crippen molar-refractivity contribution in [3.8, 4) is 22.6 Å². The van der Waals surface area contributed by atoms with E-state index < -0.39 is 0 Å². The second-order valence-electron chi connectivity index (χ2n) is 6.46. The maximum absolute atomic E-state index is 9.33. The summed E-state index contributed by atoms with van der Waals surface area (Å²) in [5, 5.41) is 39.8. The average molecular weight is 420 g/mol. The molecule has 0 spiro atoms. The van der Waals surface area contributed by atoms with E-state index in [1.807, 2.05) is 0 Å². The largest absolute Gasteiger partial charge is 0.454 e. The van der Waals surface area contributed by atoms with Gasteiger partial charge in [-0.25, -0.2) is 0 Å². The minimum Gasteiger partial charge on any atom is -0.454 e. The predicted molar refractivity (Wildman–Crippen MR) is 117 cm³/mol. The number of amidine groups is 4. The summed E-state index contributed by atoms with van der Waals surface area (Å²) in [5.41, 5.74) is 25.1. The number of furan rings is 1. The lowest BCUT2D eigenvalue weighted by molar-refractivity contribution is 0.318. The van der Waals surface area contributed by atoms with Gasteiger partial charge < -0.3 is 37.8 Å². The Hall–Kier alpha value is -4.80. The smallest absolute Gasteiger partial charge is 0.174 e. The molecule has 0 aliphatic carbocycles. The zero-order valence-electron chi connectivity index (χ0n) is 16.1. The molecule has 0 aliphatic heterocycles. The van der Waals surface area contributed by atoms with Crippen molar-refractivity contribution in [3.63, 3.8) is 0 Å². The fourth-order valence-electron chi connectivity index (χ4n) is 3.03. The van der Waals surface area contributed by atoms with Gasteiger partial charge in [0.2, 0.25) is 0 Å². The topological polar surface area (TPSA) is 230 Å². The molecule has 0 unspecified atom stereocenters. The summed E-state index contributed by atoms with van der Waals surface area (Å²) in [6, 6.07) is 13.0. The molecular formula is C20H20N8O3. The third kappa shape index (κ3) is 3.87. The van der Waals surface area contributed by atoms with Gasteiger partial charge in [-0.1, -0.05) is 58.8 Å². The number of nitrogen functional groups attached to an aromatic ring is 2. The second-order valence-corrected chi connectivity index (χ2v) is 6.46. The molecule has 1 heterocycles. The molecule has 0 saturated carbocycles. The Morgan fingerprint density at radius 3 is 1.23 bits per heavy atom. The summed E-state index contributed by atoms with van der Waals surface area (Å²) >= 11 is 0. The third-order valence-corrected chi connectivity index (χ3v) is 4.55. The summed E-state index contributed by atoms with van der Waals surface area (Å²) in [5.74, 6) is -0.460. The van der Waals surface area contributed by atoms with E-state index in [0.717, 1.165) is 0 Å². The highest BCUT2D eigenvalue weighted by molar-refractivity contribution is 6.16. The molecule has 0 fully saturated rings. The lowest BCUT2D eigenvalue weighted by Crippen LogP contribution is -2.22. The maximum Gasteiger partial charge on any atom is 0.174 e. The van der Waals surface area contributed by atoms with Crippen LogP contribution in [0.25, 0.3) is 22.6 Å². The van der Waals surface area contributed by atoms with Crippen LogP contribution in [0.1, 0.15) is 22.3 Å². The van der Waals surface area contributed by atoms with E-state index in [4.69, 9.17) is 38.2 Å². The van der Waals surface area contributed by atoms with Gasteiger partial charge in [0, 0.05) is 22.3 Å². The van der Waals surface area contributed by atoms with Gasteiger partial charge in [-0.15, -0.1) is 0 Å². The van der Waals surface area contributed by atoms with Crippen molar-refractivity contribution in [3.05, 3.63) is 70.8 Å². The number of nitrogens with one attached hydrogen (secondary N) is 2. The van der Waals surface area contributed by atoms with Gasteiger partial charge in [-0.3, -0.25) is 10.8 Å². The van der Waals surface area contributed by atoms with Crippen molar-refractivity contribution < 1.29 is 14.8 Å². The Kier molecular flexibility index (Phi) is 5.59. The molecule has 3 aromatic rings. The Balaban J connectivity index is 2.31. The number of hydrogen-bond acceptors (Lipinski definition) is 7. The van der Waals surface area contributed by atoms with Crippen molar-refractivity contribution >= 4 is 23.3 Å². The Morgan fingerprint density at radius 2 is 0.968 bits per heavy atom. The fourth-order valence-corrected chi connectivity index (χ4v) is 3.03. The lowest BCUT2D eigenvalue weighted by Gasteiger charge is -2.05. The normalized spacial score (nSPS) is 12.0. The van der Waals surface area contributed by atoms with E-state index in [1.54, 1.807) is 48.5 Å². The first-order valence-electron chi connectivity index (χ1n) is 8.80. The molecule has 0 aliphatic rings. The number of hydrogen-bond donors (Lipinski definition) is 8. The van der Waals surface area contributed by atoms with Crippen LogP contribution in [-0.4, -0.2) is 33.8 Å². The molecule has 0 saturated heterocycles. The first kappa shape index (κ1) is 20.9. The molecule has 11 heteroatoms. The zero-order chi connectivity index (χ0) is 22.7. The van der Waals surface area contributed by atoms with Crippen molar-refractivity contribution in [2.75, 3.05) is 0 Å². The molecule has 0 bridgehead atoms. The van der Waals surface area contributed by atoms with Crippen LogP contribution in [-0.2, 0) is 0 Å². The molecule has 2 aromatic carbocycles. The summed E-state index contributed by atoms with van der Waals surface area (Å²) < 4.78 is 6.05. The van der Waals surface area contributed by atoms with Gasteiger partial charge in [-0.05, 0) is 0 Å². The van der Waals surface area contributed by atoms with Crippen LogP contribution in [0.5, 0.6) is 0 Å². The Labute approximate surface area is 176 Å². The number of benzene rings is 2. The Morgan fingerprint density at radius 1 is 0.645 bits per heavy atom. The van der Waals surface area contributed by atoms with E-state index in [9.17, 15) is 10.4 Å². The van der Waals surface area contributed by atoms with Crippen LogP contribution in [0.3, 0.4) is 0 Å². The first-order chi connectivity index (χ1) is 14.8. The first-order valence-corrected chi connectivity index (χ1v) is 8.80. The van der Waals surface area contributed by atoms with Crippen LogP contribution in [0.2, 0.25) is 0 Å². The minimum atomic E-state index is -0.317. The summed E-state index contributed by atoms with van der Waals surface area (Å²) in [6.45, 7) is 0. The number of nitrogens with zero attached hydrogens (tertiary/aromatic N) is 2. The molecule has 11 nitrogen and oxygen atoms in total. The van der Waals surface area contributed by atoms with Crippen LogP contribution in [0, 0.1) is 10.8 Å². The monoisotopic (exact) mass is 420 g/mol. The predicted octanol–water partition coefficient (Wildman–Crippen LogP) is 1.37. The van der Waals surface area contributed by atoms with Crippen molar-refractivity contribution in [2.45, 2.75) is 0 Å².